The van der Waals surface area contributed by atoms with E-state index in [2.05, 4.69) is 32.2 Å². The highest BCUT2D eigenvalue weighted by atomic mass is 16.3. The minimum Gasteiger partial charge on any atom is -0.445 e. The zero-order valence-corrected chi connectivity index (χ0v) is 16.2. The molecule has 0 radical (unpaired) electrons. The average molecular weight is 378 g/mol. The van der Waals surface area contributed by atoms with Crippen molar-refractivity contribution in [2.75, 3.05) is 11.9 Å². The van der Waals surface area contributed by atoms with Crippen molar-refractivity contribution < 1.29 is 9.21 Å². The number of aromatic nitrogens is 4. The Morgan fingerprint density at radius 1 is 1.25 bits per heavy atom. The Balaban J connectivity index is 1.52. The van der Waals surface area contributed by atoms with E-state index in [0.29, 0.717) is 41.4 Å². The molecule has 1 saturated carbocycles. The van der Waals surface area contributed by atoms with Gasteiger partial charge in [0.25, 0.3) is 5.91 Å². The van der Waals surface area contributed by atoms with Crippen LogP contribution in [0.4, 0.5) is 5.82 Å². The van der Waals surface area contributed by atoms with Crippen LogP contribution in [0, 0.1) is 13.8 Å². The number of carbonyl (C=O) groups excluding carboxylic acids is 1. The van der Waals surface area contributed by atoms with Crippen molar-refractivity contribution >= 4 is 22.8 Å². The molecular formula is C20H22N6O2. The lowest BCUT2D eigenvalue weighted by molar-refractivity contribution is 0.0732. The third-order valence-corrected chi connectivity index (χ3v) is 5.71. The number of fused-ring (bicyclic) bond motifs is 2. The zero-order chi connectivity index (χ0) is 19.5. The number of furan rings is 1. The number of amides is 1. The molecule has 3 aromatic rings. The number of anilines is 1. The lowest BCUT2D eigenvalue weighted by atomic mass is 10.0. The van der Waals surface area contributed by atoms with Gasteiger partial charge >= 0.3 is 0 Å². The van der Waals surface area contributed by atoms with Gasteiger partial charge in [0, 0.05) is 17.8 Å². The van der Waals surface area contributed by atoms with Crippen LogP contribution in [0.25, 0.3) is 11.1 Å². The molecule has 4 heterocycles. The maximum atomic E-state index is 13.3. The Hall–Kier alpha value is -3.03. The van der Waals surface area contributed by atoms with Gasteiger partial charge in [-0.05, 0) is 45.6 Å². The van der Waals surface area contributed by atoms with Crippen LogP contribution in [0.2, 0.25) is 0 Å². The molecule has 28 heavy (non-hydrogen) atoms. The third kappa shape index (κ3) is 2.80. The average Bonchev–Trinajstić information content (AvgIpc) is 3.23. The Morgan fingerprint density at radius 2 is 2.07 bits per heavy atom. The summed E-state index contributed by atoms with van der Waals surface area (Å²) in [7, 11) is 0. The third-order valence-electron chi connectivity index (χ3n) is 5.71. The van der Waals surface area contributed by atoms with E-state index >= 15 is 0 Å². The summed E-state index contributed by atoms with van der Waals surface area (Å²) in [6.07, 6.45) is 5.98. The van der Waals surface area contributed by atoms with Crippen LogP contribution in [0.5, 0.6) is 0 Å². The van der Waals surface area contributed by atoms with Crippen molar-refractivity contribution in [2.45, 2.75) is 52.1 Å². The second-order valence-corrected chi connectivity index (χ2v) is 8.00. The molecule has 8 heteroatoms. The van der Waals surface area contributed by atoms with Gasteiger partial charge in [-0.15, -0.1) is 0 Å². The number of nitrogens with one attached hydrogen (secondary N) is 1. The number of aryl methyl sites for hydroxylation is 2. The summed E-state index contributed by atoms with van der Waals surface area (Å²) in [6, 6.07) is 0. The Morgan fingerprint density at radius 3 is 2.86 bits per heavy atom. The molecule has 8 nitrogen and oxygen atoms in total. The maximum absolute atomic E-state index is 13.3. The molecule has 0 unspecified atom stereocenters. The molecule has 1 aliphatic heterocycles. The fraction of sp³-hybridized carbons (Fsp3) is 0.450. The molecule has 144 valence electrons. The molecule has 0 spiro atoms. The van der Waals surface area contributed by atoms with E-state index in [9.17, 15) is 4.79 Å². The van der Waals surface area contributed by atoms with Crippen LogP contribution in [-0.2, 0) is 13.0 Å². The van der Waals surface area contributed by atoms with Crippen LogP contribution >= 0.6 is 0 Å². The van der Waals surface area contributed by atoms with Crippen LogP contribution < -0.4 is 5.32 Å². The van der Waals surface area contributed by atoms with E-state index < -0.39 is 0 Å². The smallest absolute Gasteiger partial charge is 0.258 e. The van der Waals surface area contributed by atoms with E-state index in [-0.39, 0.29) is 11.4 Å². The summed E-state index contributed by atoms with van der Waals surface area (Å²) >= 11 is 0. The van der Waals surface area contributed by atoms with Crippen molar-refractivity contribution in [1.82, 2.24) is 24.8 Å². The van der Waals surface area contributed by atoms with Gasteiger partial charge in [-0.3, -0.25) is 4.79 Å². The first-order chi connectivity index (χ1) is 13.4. The Kier molecular flexibility index (Phi) is 3.65. The highest BCUT2D eigenvalue weighted by molar-refractivity contribution is 6.09. The predicted molar refractivity (Wildman–Crippen MR) is 103 cm³/mol. The molecule has 3 aromatic heterocycles. The molecule has 1 aliphatic carbocycles. The number of hydrogen-bond acceptors (Lipinski definition) is 7. The maximum Gasteiger partial charge on any atom is 0.258 e. The zero-order valence-electron chi connectivity index (χ0n) is 16.2. The van der Waals surface area contributed by atoms with Gasteiger partial charge in [-0.2, -0.15) is 4.98 Å². The minimum atomic E-state index is -0.0860. The molecule has 0 bridgehead atoms. The number of nitrogens with zero attached hydrogens (tertiary/aromatic N) is 5. The topological polar surface area (TPSA) is 97.0 Å². The molecule has 1 amide bonds. The highest BCUT2D eigenvalue weighted by Crippen LogP contribution is 2.40. The van der Waals surface area contributed by atoms with Gasteiger partial charge in [0.2, 0.25) is 5.71 Å². The lowest BCUT2D eigenvalue weighted by Gasteiger charge is -2.28. The van der Waals surface area contributed by atoms with E-state index in [1.807, 2.05) is 18.7 Å². The SMILES string of the molecule is Cc1nc(NC2(C)CC2)c2c(C(=O)N3CCc4c(C)ncnc4C3)coc2n1. The predicted octanol–water partition coefficient (Wildman–Crippen LogP) is 2.79. The summed E-state index contributed by atoms with van der Waals surface area (Å²) in [4.78, 5) is 32.7. The Bertz CT molecular complexity index is 1100. The second kappa shape index (κ2) is 5.98. The van der Waals surface area contributed by atoms with Crippen LogP contribution in [0.15, 0.2) is 17.0 Å². The van der Waals surface area contributed by atoms with Crippen LogP contribution in [0.1, 0.15) is 52.9 Å². The van der Waals surface area contributed by atoms with E-state index in [0.717, 1.165) is 36.2 Å². The van der Waals surface area contributed by atoms with Gasteiger partial charge in [-0.1, -0.05) is 0 Å². The fourth-order valence-corrected chi connectivity index (χ4v) is 3.76. The fourth-order valence-electron chi connectivity index (χ4n) is 3.76. The number of carbonyl (C=O) groups is 1. The van der Waals surface area contributed by atoms with Crippen LogP contribution in [0.3, 0.4) is 0 Å². The monoisotopic (exact) mass is 378 g/mol. The van der Waals surface area contributed by atoms with Gasteiger partial charge < -0.3 is 14.6 Å². The summed E-state index contributed by atoms with van der Waals surface area (Å²) in [5, 5.41) is 4.14. The number of hydrogen-bond donors (Lipinski definition) is 1. The van der Waals surface area contributed by atoms with E-state index in [1.165, 1.54) is 6.26 Å². The lowest BCUT2D eigenvalue weighted by Crippen LogP contribution is -2.37. The van der Waals surface area contributed by atoms with Crippen molar-refractivity contribution in [3.05, 3.63) is 40.9 Å². The molecular weight excluding hydrogens is 356 g/mol. The Labute approximate surface area is 162 Å². The highest BCUT2D eigenvalue weighted by Gasteiger charge is 2.39. The largest absolute Gasteiger partial charge is 0.445 e. The first kappa shape index (κ1) is 17.1. The van der Waals surface area contributed by atoms with Gasteiger partial charge in [0.1, 0.15) is 24.2 Å². The van der Waals surface area contributed by atoms with Gasteiger partial charge in [0.05, 0.1) is 23.2 Å². The summed E-state index contributed by atoms with van der Waals surface area (Å²) in [5.41, 5.74) is 4.01. The molecule has 1 fully saturated rings. The van der Waals surface area contributed by atoms with Crippen molar-refractivity contribution in [1.29, 1.82) is 0 Å². The van der Waals surface area contributed by atoms with Crippen LogP contribution in [-0.4, -0.2) is 42.8 Å². The first-order valence-electron chi connectivity index (χ1n) is 9.56. The quantitative estimate of drug-likeness (QED) is 0.748. The molecule has 1 N–H and O–H groups in total. The summed E-state index contributed by atoms with van der Waals surface area (Å²) < 4.78 is 5.64. The van der Waals surface area contributed by atoms with Crippen molar-refractivity contribution in [2.24, 2.45) is 0 Å². The number of rotatable bonds is 3. The van der Waals surface area contributed by atoms with Crippen molar-refractivity contribution in [3.63, 3.8) is 0 Å². The second-order valence-electron chi connectivity index (χ2n) is 8.00. The van der Waals surface area contributed by atoms with Crippen molar-refractivity contribution in [3.8, 4) is 0 Å². The normalized spacial score (nSPS) is 17.5. The van der Waals surface area contributed by atoms with Gasteiger partial charge in [0.15, 0.2) is 0 Å². The summed E-state index contributed by atoms with van der Waals surface area (Å²) in [6.45, 7) is 7.06. The molecule has 5 rings (SSSR count). The molecule has 0 saturated heterocycles. The van der Waals surface area contributed by atoms with Gasteiger partial charge in [-0.25, -0.2) is 15.0 Å². The molecule has 2 aliphatic rings. The van der Waals surface area contributed by atoms with E-state index in [1.54, 1.807) is 6.33 Å². The molecule has 0 atom stereocenters. The van der Waals surface area contributed by atoms with E-state index in [4.69, 9.17) is 4.42 Å². The minimum absolute atomic E-state index is 0.0316. The summed E-state index contributed by atoms with van der Waals surface area (Å²) in [5.74, 6) is 1.21. The standard InChI is InChI=1S/C20H22N6O2/c1-11-13-4-7-26(8-15(13)22-10-21-11)19(27)14-9-28-18-16(14)17(23-12(2)24-18)25-20(3)5-6-20/h9-10H,4-8H2,1-3H3,(H,23,24,25). The molecule has 0 aromatic carbocycles. The first-order valence-corrected chi connectivity index (χ1v) is 9.56.